The first-order chi connectivity index (χ1) is 6.21. The summed E-state index contributed by atoms with van der Waals surface area (Å²) in [7, 11) is -2.69. The van der Waals surface area contributed by atoms with Gasteiger partial charge in [-0.05, 0) is 6.07 Å². The van der Waals surface area contributed by atoms with Crippen molar-refractivity contribution in [1.29, 1.82) is 4.78 Å². The Morgan fingerprint density at radius 1 is 1.43 bits per heavy atom. The van der Waals surface area contributed by atoms with E-state index in [9.17, 15) is 4.21 Å². The lowest BCUT2D eigenvalue weighted by atomic mass is 9.92. The van der Waals surface area contributed by atoms with Crippen LogP contribution in [0.1, 0.15) is 26.5 Å². The number of hydrogen-bond acceptors (Lipinski definition) is 4. The van der Waals surface area contributed by atoms with Crippen molar-refractivity contribution in [2.45, 2.75) is 31.1 Å². The predicted molar refractivity (Wildman–Crippen MR) is 55.8 cm³/mol. The van der Waals surface area contributed by atoms with Crippen LogP contribution in [0, 0.1) is 4.78 Å². The molecular weight excluding hydrogens is 198 g/mol. The van der Waals surface area contributed by atoms with Crippen molar-refractivity contribution in [3.05, 3.63) is 18.0 Å². The molecule has 0 aliphatic carbocycles. The molecule has 1 aromatic heterocycles. The first-order valence-electron chi connectivity index (χ1n) is 4.28. The second kappa shape index (κ2) is 3.31. The summed E-state index contributed by atoms with van der Waals surface area (Å²) in [5, 5.41) is 7.73. The van der Waals surface area contributed by atoms with Crippen molar-refractivity contribution in [2.24, 2.45) is 0 Å². The summed E-state index contributed by atoms with van der Waals surface area (Å²) in [6.45, 7) is 6.01. The van der Waals surface area contributed by atoms with Crippen LogP contribution < -0.4 is 0 Å². The third-order valence-electron chi connectivity index (χ3n) is 1.85. The molecule has 5 heteroatoms. The molecule has 78 valence electrons. The van der Waals surface area contributed by atoms with Gasteiger partial charge in [-0.15, -0.1) is 0 Å². The summed E-state index contributed by atoms with van der Waals surface area (Å²) >= 11 is 0. The zero-order valence-corrected chi connectivity index (χ0v) is 9.68. The van der Waals surface area contributed by atoms with E-state index in [4.69, 9.17) is 4.78 Å². The van der Waals surface area contributed by atoms with Gasteiger partial charge < -0.3 is 0 Å². The van der Waals surface area contributed by atoms with Gasteiger partial charge in [0.05, 0.1) is 26.5 Å². The minimum atomic E-state index is -2.69. The Bertz CT molecular complexity index is 432. The van der Waals surface area contributed by atoms with Crippen LogP contribution in [-0.2, 0) is 15.1 Å². The van der Waals surface area contributed by atoms with Gasteiger partial charge in [0.15, 0.2) is 0 Å². The van der Waals surface area contributed by atoms with Gasteiger partial charge in [-0.2, -0.15) is 10.2 Å². The van der Waals surface area contributed by atoms with Gasteiger partial charge in [0.2, 0.25) is 0 Å². The predicted octanol–water partition coefficient (Wildman–Crippen LogP) is 1.81. The first-order valence-corrected chi connectivity index (χ1v) is 6.25. The van der Waals surface area contributed by atoms with Crippen LogP contribution in [0.25, 0.3) is 0 Å². The number of hydrogen-bond donors (Lipinski definition) is 1. The minimum absolute atomic E-state index is 0.131. The average molecular weight is 213 g/mol. The lowest BCUT2D eigenvalue weighted by Crippen LogP contribution is -2.15. The Morgan fingerprint density at radius 3 is 2.43 bits per heavy atom. The van der Waals surface area contributed by atoms with Crippen molar-refractivity contribution >= 4 is 9.73 Å². The maximum atomic E-state index is 11.5. The summed E-state index contributed by atoms with van der Waals surface area (Å²) in [6.07, 6.45) is 2.78. The highest BCUT2D eigenvalue weighted by molar-refractivity contribution is 7.91. The molecule has 1 rings (SSSR count). The van der Waals surface area contributed by atoms with Crippen LogP contribution >= 0.6 is 0 Å². The molecule has 1 atom stereocenters. The molecule has 4 nitrogen and oxygen atoms in total. The van der Waals surface area contributed by atoms with E-state index in [-0.39, 0.29) is 5.41 Å². The summed E-state index contributed by atoms with van der Waals surface area (Å²) in [5.41, 5.74) is 0.630. The normalized spacial score (nSPS) is 16.3. The number of aromatic nitrogens is 2. The van der Waals surface area contributed by atoms with Crippen LogP contribution in [0.3, 0.4) is 0 Å². The van der Waals surface area contributed by atoms with Crippen molar-refractivity contribution in [2.75, 3.05) is 6.26 Å². The molecule has 0 amide bonds. The summed E-state index contributed by atoms with van der Waals surface area (Å²) in [5.74, 6) is 0. The molecule has 0 aliphatic rings. The maximum Gasteiger partial charge on any atom is 0.0713 e. The highest BCUT2D eigenvalue weighted by Crippen LogP contribution is 2.21. The maximum absolute atomic E-state index is 11.5. The third kappa shape index (κ3) is 2.51. The molecule has 0 bridgehead atoms. The van der Waals surface area contributed by atoms with E-state index in [2.05, 4.69) is 10.2 Å². The smallest absolute Gasteiger partial charge is 0.0713 e. The molecule has 0 saturated heterocycles. The second-order valence-electron chi connectivity index (χ2n) is 4.37. The SMILES string of the molecule is CC(C)(C)c1cc([S@](C)(=N)=O)cnn1. The van der Waals surface area contributed by atoms with Crippen LogP contribution in [0.5, 0.6) is 0 Å². The molecule has 0 spiro atoms. The third-order valence-corrected chi connectivity index (χ3v) is 2.97. The zero-order chi connectivity index (χ0) is 11.0. The fourth-order valence-electron chi connectivity index (χ4n) is 0.928. The Morgan fingerprint density at radius 2 is 2.00 bits per heavy atom. The van der Waals surface area contributed by atoms with Gasteiger partial charge in [0.1, 0.15) is 0 Å². The van der Waals surface area contributed by atoms with Crippen molar-refractivity contribution in [3.63, 3.8) is 0 Å². The summed E-state index contributed by atoms with van der Waals surface area (Å²) in [6, 6.07) is 1.70. The first kappa shape index (κ1) is 11.1. The van der Waals surface area contributed by atoms with Gasteiger partial charge in [-0.1, -0.05) is 20.8 Å². The monoisotopic (exact) mass is 213 g/mol. The Balaban J connectivity index is 3.29. The van der Waals surface area contributed by atoms with E-state index in [1.165, 1.54) is 12.5 Å². The van der Waals surface area contributed by atoms with E-state index in [1.54, 1.807) is 6.07 Å². The largest absolute Gasteiger partial charge is 0.249 e. The van der Waals surface area contributed by atoms with E-state index in [0.717, 1.165) is 5.69 Å². The molecule has 0 aromatic carbocycles. The van der Waals surface area contributed by atoms with Crippen molar-refractivity contribution in [3.8, 4) is 0 Å². The van der Waals surface area contributed by atoms with Crippen molar-refractivity contribution in [1.82, 2.24) is 10.2 Å². The van der Waals surface area contributed by atoms with E-state index in [1.807, 2.05) is 20.8 Å². The highest BCUT2D eigenvalue weighted by atomic mass is 32.2. The molecule has 0 fully saturated rings. The van der Waals surface area contributed by atoms with Gasteiger partial charge in [-0.3, -0.25) is 0 Å². The lowest BCUT2D eigenvalue weighted by Gasteiger charge is -2.17. The van der Waals surface area contributed by atoms with E-state index < -0.39 is 9.73 Å². The fourth-order valence-corrected chi connectivity index (χ4v) is 1.51. The van der Waals surface area contributed by atoms with E-state index >= 15 is 0 Å². The van der Waals surface area contributed by atoms with Gasteiger partial charge in [-0.25, -0.2) is 8.99 Å². The molecule has 0 saturated carbocycles. The van der Waals surface area contributed by atoms with Gasteiger partial charge in [0, 0.05) is 11.7 Å². The lowest BCUT2D eigenvalue weighted by molar-refractivity contribution is 0.555. The standard InChI is InChI=1S/C9H15N3OS/c1-9(2,3)8-5-7(6-11-12-8)14(4,10)13/h5-6,10H,1-4H3/t14-/m1/s1. The Labute approximate surface area is 84.7 Å². The van der Waals surface area contributed by atoms with E-state index in [0.29, 0.717) is 4.90 Å². The topological polar surface area (TPSA) is 66.7 Å². The molecule has 1 aromatic rings. The molecule has 0 aliphatic heterocycles. The zero-order valence-electron chi connectivity index (χ0n) is 8.87. The minimum Gasteiger partial charge on any atom is -0.249 e. The molecule has 1 N–H and O–H groups in total. The molecule has 1 heterocycles. The van der Waals surface area contributed by atoms with Crippen molar-refractivity contribution < 1.29 is 4.21 Å². The molecule has 14 heavy (non-hydrogen) atoms. The van der Waals surface area contributed by atoms with Gasteiger partial charge >= 0.3 is 0 Å². The number of nitrogens with one attached hydrogen (secondary N) is 1. The van der Waals surface area contributed by atoms with Gasteiger partial charge in [0.25, 0.3) is 0 Å². The average Bonchev–Trinajstić information content (AvgIpc) is 2.01. The number of nitrogens with zero attached hydrogens (tertiary/aromatic N) is 2. The highest BCUT2D eigenvalue weighted by Gasteiger charge is 2.17. The van der Waals surface area contributed by atoms with Crippen LogP contribution in [0.15, 0.2) is 17.2 Å². The number of rotatable bonds is 1. The molecule has 0 radical (unpaired) electrons. The van der Waals surface area contributed by atoms with Crippen LogP contribution in [-0.4, -0.2) is 20.7 Å². The molecule has 0 unspecified atom stereocenters. The fraction of sp³-hybridized carbons (Fsp3) is 0.556. The second-order valence-corrected chi connectivity index (χ2v) is 6.53. The molecular formula is C9H15N3OS. The quantitative estimate of drug-likeness (QED) is 0.773. The Kier molecular flexibility index (Phi) is 2.63. The Hall–Kier alpha value is -0.970. The van der Waals surface area contributed by atoms with Crippen LogP contribution in [0.2, 0.25) is 0 Å². The van der Waals surface area contributed by atoms with Crippen LogP contribution in [0.4, 0.5) is 0 Å². The summed E-state index contributed by atoms with van der Waals surface area (Å²) in [4.78, 5) is 0.442. The summed E-state index contributed by atoms with van der Waals surface area (Å²) < 4.78 is 18.9.